The summed E-state index contributed by atoms with van der Waals surface area (Å²) < 4.78 is 2.25. The maximum atomic E-state index is 5.04. The number of benzene rings is 8. The lowest BCUT2D eigenvalue weighted by Crippen LogP contribution is -1.97. The molecule has 0 aliphatic rings. The highest BCUT2D eigenvalue weighted by molar-refractivity contribution is 6.13. The second-order valence-corrected chi connectivity index (χ2v) is 12.0. The van der Waals surface area contributed by atoms with Gasteiger partial charge in [0.1, 0.15) is 5.82 Å². The van der Waals surface area contributed by atoms with Crippen molar-refractivity contribution in [1.29, 1.82) is 0 Å². The predicted octanol–water partition coefficient (Wildman–Crippen LogP) is 12.0. The van der Waals surface area contributed by atoms with Gasteiger partial charge in [-0.25, -0.2) is 4.98 Å². The van der Waals surface area contributed by atoms with Gasteiger partial charge in [0.25, 0.3) is 0 Å². The van der Waals surface area contributed by atoms with Crippen LogP contribution in [0.1, 0.15) is 0 Å². The molecular formula is C45H30N2. The minimum atomic E-state index is 0.942. The summed E-state index contributed by atoms with van der Waals surface area (Å²) in [6, 6.07) is 65.1. The topological polar surface area (TPSA) is 17.8 Å². The van der Waals surface area contributed by atoms with Crippen LogP contribution in [0.25, 0.3) is 83.0 Å². The lowest BCUT2D eigenvalue weighted by Gasteiger charge is -2.14. The molecule has 1 aromatic heterocycles. The van der Waals surface area contributed by atoms with Crippen LogP contribution < -0.4 is 0 Å². The number of hydrogen-bond acceptors (Lipinski definition) is 1. The van der Waals surface area contributed by atoms with Crippen LogP contribution in [0.3, 0.4) is 0 Å². The summed E-state index contributed by atoms with van der Waals surface area (Å²) in [7, 11) is 0. The van der Waals surface area contributed by atoms with E-state index in [9.17, 15) is 0 Å². The predicted molar refractivity (Wildman–Crippen MR) is 198 cm³/mol. The highest BCUT2D eigenvalue weighted by atomic mass is 15.1. The van der Waals surface area contributed by atoms with E-state index in [4.69, 9.17) is 4.98 Å². The molecule has 220 valence electrons. The van der Waals surface area contributed by atoms with Gasteiger partial charge in [-0.05, 0) is 91.3 Å². The van der Waals surface area contributed by atoms with Gasteiger partial charge in [0, 0.05) is 11.3 Å². The summed E-state index contributed by atoms with van der Waals surface area (Å²) in [6.45, 7) is 0. The fourth-order valence-corrected chi connectivity index (χ4v) is 6.86. The third-order valence-corrected chi connectivity index (χ3v) is 9.22. The highest BCUT2D eigenvalue weighted by Crippen LogP contribution is 2.38. The van der Waals surface area contributed by atoms with Crippen LogP contribution in [0.15, 0.2) is 182 Å². The van der Waals surface area contributed by atoms with E-state index in [1.165, 1.54) is 54.9 Å². The second kappa shape index (κ2) is 11.3. The van der Waals surface area contributed by atoms with Gasteiger partial charge in [-0.3, -0.25) is 4.57 Å². The molecule has 0 saturated heterocycles. The first-order valence-corrected chi connectivity index (χ1v) is 16.1. The average Bonchev–Trinajstić information content (AvgIpc) is 3.55. The van der Waals surface area contributed by atoms with Crippen molar-refractivity contribution in [1.82, 2.24) is 9.55 Å². The van der Waals surface area contributed by atoms with Crippen LogP contribution in [0.4, 0.5) is 0 Å². The van der Waals surface area contributed by atoms with Crippen LogP contribution in [0, 0.1) is 0 Å². The molecule has 0 radical (unpaired) electrons. The van der Waals surface area contributed by atoms with E-state index in [2.05, 4.69) is 174 Å². The van der Waals surface area contributed by atoms with Gasteiger partial charge in [-0.2, -0.15) is 0 Å². The summed E-state index contributed by atoms with van der Waals surface area (Å²) in [5.74, 6) is 0.942. The third kappa shape index (κ3) is 4.79. The van der Waals surface area contributed by atoms with Gasteiger partial charge in [0.05, 0.1) is 11.0 Å². The molecule has 0 amide bonds. The summed E-state index contributed by atoms with van der Waals surface area (Å²) in [5, 5.41) is 5.08. The Labute approximate surface area is 273 Å². The lowest BCUT2D eigenvalue weighted by molar-refractivity contribution is 1.10. The molecule has 47 heavy (non-hydrogen) atoms. The number of imidazole rings is 1. The van der Waals surface area contributed by atoms with Gasteiger partial charge in [-0.1, -0.05) is 146 Å². The van der Waals surface area contributed by atoms with E-state index in [1.807, 2.05) is 12.1 Å². The molecule has 0 saturated carbocycles. The van der Waals surface area contributed by atoms with E-state index in [0.29, 0.717) is 0 Å². The van der Waals surface area contributed by atoms with Crippen molar-refractivity contribution >= 4 is 32.6 Å². The molecule has 9 aromatic rings. The molecule has 0 fully saturated rings. The molecule has 2 nitrogen and oxygen atoms in total. The SMILES string of the molecule is c1ccc(-c2cc(-c3ccc(-c4ccc(-c5nc6ccccc6n5-c5ccccc5)cc4)cc3)c3ccc4ccccc4c3c2)cc1. The smallest absolute Gasteiger partial charge is 0.145 e. The number of fused-ring (bicyclic) bond motifs is 4. The minimum Gasteiger partial charge on any atom is -0.292 e. The molecule has 0 unspecified atom stereocenters. The Bertz CT molecular complexity index is 2530. The maximum absolute atomic E-state index is 5.04. The van der Waals surface area contributed by atoms with Crippen LogP contribution in [0.5, 0.6) is 0 Å². The van der Waals surface area contributed by atoms with Crippen molar-refractivity contribution < 1.29 is 0 Å². The van der Waals surface area contributed by atoms with Gasteiger partial charge >= 0.3 is 0 Å². The first kappa shape index (κ1) is 27.1. The minimum absolute atomic E-state index is 0.942. The summed E-state index contributed by atoms with van der Waals surface area (Å²) in [5.41, 5.74) is 11.5. The standard InChI is InChI=1S/C45H30N2/c1-3-11-31(12-4-1)37-29-41(40-28-27-34-13-7-8-16-39(34)42(40)30-37)35-23-19-32(20-24-35)33-21-25-36(26-22-33)45-46-43-17-9-10-18-44(43)47(45)38-14-5-2-6-15-38/h1-30H. The van der Waals surface area contributed by atoms with Crippen LogP contribution in [-0.4, -0.2) is 9.55 Å². The fourth-order valence-electron chi connectivity index (χ4n) is 6.86. The lowest BCUT2D eigenvalue weighted by atomic mass is 9.90. The largest absolute Gasteiger partial charge is 0.292 e. The van der Waals surface area contributed by atoms with E-state index in [0.717, 1.165) is 28.1 Å². The quantitative estimate of drug-likeness (QED) is 0.180. The van der Waals surface area contributed by atoms with Gasteiger partial charge in [0.15, 0.2) is 0 Å². The Balaban J connectivity index is 1.10. The van der Waals surface area contributed by atoms with Crippen molar-refractivity contribution in [3.63, 3.8) is 0 Å². The van der Waals surface area contributed by atoms with Crippen molar-refractivity contribution in [2.45, 2.75) is 0 Å². The van der Waals surface area contributed by atoms with Crippen LogP contribution >= 0.6 is 0 Å². The molecule has 0 bridgehead atoms. The van der Waals surface area contributed by atoms with E-state index < -0.39 is 0 Å². The van der Waals surface area contributed by atoms with Crippen molar-refractivity contribution in [2.24, 2.45) is 0 Å². The first-order chi connectivity index (χ1) is 23.3. The molecule has 9 rings (SSSR count). The van der Waals surface area contributed by atoms with E-state index in [1.54, 1.807) is 0 Å². The average molecular weight is 599 g/mol. The molecule has 2 heteroatoms. The molecule has 8 aromatic carbocycles. The summed E-state index contributed by atoms with van der Waals surface area (Å²) in [6.07, 6.45) is 0. The normalized spacial score (nSPS) is 11.4. The Morgan fingerprint density at radius 2 is 0.957 bits per heavy atom. The van der Waals surface area contributed by atoms with Crippen molar-refractivity contribution in [2.75, 3.05) is 0 Å². The molecule has 1 heterocycles. The Hall–Kier alpha value is -6.25. The van der Waals surface area contributed by atoms with Crippen LogP contribution in [-0.2, 0) is 0 Å². The number of hydrogen-bond donors (Lipinski definition) is 0. The van der Waals surface area contributed by atoms with Gasteiger partial charge < -0.3 is 0 Å². The Morgan fingerprint density at radius 1 is 0.362 bits per heavy atom. The molecule has 0 aliphatic carbocycles. The first-order valence-electron chi connectivity index (χ1n) is 16.1. The molecule has 0 N–H and O–H groups in total. The van der Waals surface area contributed by atoms with Crippen molar-refractivity contribution in [3.8, 4) is 50.5 Å². The Kier molecular flexibility index (Phi) is 6.50. The summed E-state index contributed by atoms with van der Waals surface area (Å²) in [4.78, 5) is 5.04. The van der Waals surface area contributed by atoms with E-state index >= 15 is 0 Å². The van der Waals surface area contributed by atoms with Crippen molar-refractivity contribution in [3.05, 3.63) is 182 Å². The zero-order chi connectivity index (χ0) is 31.2. The number of rotatable bonds is 5. The van der Waals surface area contributed by atoms with Gasteiger partial charge in [0.2, 0.25) is 0 Å². The maximum Gasteiger partial charge on any atom is 0.145 e. The zero-order valence-electron chi connectivity index (χ0n) is 25.7. The molecule has 0 aliphatic heterocycles. The summed E-state index contributed by atoms with van der Waals surface area (Å²) >= 11 is 0. The van der Waals surface area contributed by atoms with E-state index in [-0.39, 0.29) is 0 Å². The van der Waals surface area contributed by atoms with Crippen LogP contribution in [0.2, 0.25) is 0 Å². The molecular weight excluding hydrogens is 569 g/mol. The fraction of sp³-hybridized carbons (Fsp3) is 0. The number of para-hydroxylation sites is 3. The van der Waals surface area contributed by atoms with Gasteiger partial charge in [-0.15, -0.1) is 0 Å². The zero-order valence-corrected chi connectivity index (χ0v) is 25.7. The Morgan fingerprint density at radius 3 is 1.72 bits per heavy atom. The second-order valence-electron chi connectivity index (χ2n) is 12.0. The number of nitrogens with zero attached hydrogens (tertiary/aromatic N) is 2. The third-order valence-electron chi connectivity index (χ3n) is 9.22. The molecule has 0 spiro atoms. The number of aromatic nitrogens is 2. The monoisotopic (exact) mass is 598 g/mol. The molecule has 0 atom stereocenters. The highest BCUT2D eigenvalue weighted by Gasteiger charge is 2.15.